The van der Waals surface area contributed by atoms with Gasteiger partial charge in [0.1, 0.15) is 5.82 Å². The van der Waals surface area contributed by atoms with Crippen LogP contribution < -0.4 is 4.90 Å². The molecule has 5 nitrogen and oxygen atoms in total. The quantitative estimate of drug-likeness (QED) is 0.608. The van der Waals surface area contributed by atoms with Crippen LogP contribution in [-0.4, -0.2) is 66.2 Å². The number of hydrogen-bond donors (Lipinski definition) is 0. The van der Waals surface area contributed by atoms with Crippen molar-refractivity contribution in [3.63, 3.8) is 0 Å². The number of carbonyl (C=O) groups is 1. The minimum absolute atomic E-state index is 0.324. The van der Waals surface area contributed by atoms with Gasteiger partial charge in [-0.25, -0.2) is 4.98 Å². The lowest BCUT2D eigenvalue weighted by molar-refractivity contribution is -0.131. The van der Waals surface area contributed by atoms with Crippen LogP contribution in [0.15, 0.2) is 53.6 Å². The van der Waals surface area contributed by atoms with Gasteiger partial charge >= 0.3 is 0 Å². The summed E-state index contributed by atoms with van der Waals surface area (Å²) in [5.74, 6) is 1.98. The second kappa shape index (κ2) is 11.0. The lowest BCUT2D eigenvalue weighted by atomic mass is 9.92. The van der Waals surface area contributed by atoms with E-state index in [2.05, 4.69) is 45.3 Å². The van der Waals surface area contributed by atoms with Crippen LogP contribution in [0.25, 0.3) is 0 Å². The van der Waals surface area contributed by atoms with E-state index in [-0.39, 0.29) is 0 Å². The van der Waals surface area contributed by atoms with Crippen molar-refractivity contribution < 1.29 is 4.79 Å². The van der Waals surface area contributed by atoms with Crippen LogP contribution in [-0.2, 0) is 11.3 Å². The number of pyridine rings is 1. The Morgan fingerprint density at radius 1 is 1.06 bits per heavy atom. The third-order valence-electron chi connectivity index (χ3n) is 6.54. The molecule has 0 unspecified atom stereocenters. The van der Waals surface area contributed by atoms with E-state index in [1.54, 1.807) is 11.8 Å². The second-order valence-corrected chi connectivity index (χ2v) is 9.57. The lowest BCUT2D eigenvalue weighted by Crippen LogP contribution is -2.49. The number of aromatic nitrogens is 1. The Morgan fingerprint density at radius 2 is 1.87 bits per heavy atom. The molecule has 4 rings (SSSR count). The van der Waals surface area contributed by atoms with E-state index in [0.717, 1.165) is 51.5 Å². The molecule has 2 aromatic rings. The van der Waals surface area contributed by atoms with Gasteiger partial charge in [0.15, 0.2) is 0 Å². The maximum atomic E-state index is 12.8. The van der Waals surface area contributed by atoms with Gasteiger partial charge in [0.2, 0.25) is 5.91 Å². The Balaban J connectivity index is 1.19. The van der Waals surface area contributed by atoms with Crippen LogP contribution >= 0.6 is 11.8 Å². The molecule has 1 aromatic carbocycles. The maximum Gasteiger partial charge on any atom is 0.222 e. The Labute approximate surface area is 190 Å². The molecule has 0 spiro atoms. The average Bonchev–Trinajstić information content (AvgIpc) is 2.84. The molecule has 0 saturated carbocycles. The van der Waals surface area contributed by atoms with Crippen LogP contribution in [0, 0.1) is 5.92 Å². The summed E-state index contributed by atoms with van der Waals surface area (Å²) in [6.45, 7) is 6.66. The van der Waals surface area contributed by atoms with Crippen molar-refractivity contribution >= 4 is 23.5 Å². The summed E-state index contributed by atoms with van der Waals surface area (Å²) in [7, 11) is 0. The van der Waals surface area contributed by atoms with E-state index in [1.165, 1.54) is 29.8 Å². The summed E-state index contributed by atoms with van der Waals surface area (Å²) in [4.78, 5) is 25.4. The molecule has 2 saturated heterocycles. The monoisotopic (exact) mass is 438 g/mol. The largest absolute Gasteiger partial charge is 0.353 e. The van der Waals surface area contributed by atoms with Crippen LogP contribution in [0.4, 0.5) is 5.82 Å². The predicted octanol–water partition coefficient (Wildman–Crippen LogP) is 4.14. The Morgan fingerprint density at radius 3 is 2.58 bits per heavy atom. The van der Waals surface area contributed by atoms with Crippen LogP contribution in [0.3, 0.4) is 0 Å². The van der Waals surface area contributed by atoms with Crippen molar-refractivity contribution in [1.29, 1.82) is 0 Å². The molecule has 0 bridgehead atoms. The fraction of sp³-hybridized carbons (Fsp3) is 0.520. The van der Waals surface area contributed by atoms with E-state index in [1.807, 2.05) is 29.3 Å². The molecule has 2 aliphatic rings. The van der Waals surface area contributed by atoms with Crippen LogP contribution in [0.2, 0.25) is 0 Å². The Hall–Kier alpha value is -2.05. The summed E-state index contributed by atoms with van der Waals surface area (Å²) >= 11 is 1.79. The number of hydrogen-bond acceptors (Lipinski definition) is 5. The maximum absolute atomic E-state index is 12.8. The van der Waals surface area contributed by atoms with Crippen molar-refractivity contribution in [2.24, 2.45) is 5.92 Å². The molecular weight excluding hydrogens is 404 g/mol. The standard InChI is InChI=1S/C25H34N4OS/c1-31-23-10-7-22(8-11-23)20-27-14-4-5-21(19-27)9-12-25(30)29-17-15-28(16-18-29)24-6-2-3-13-26-24/h2-3,6-8,10-11,13,21H,4-5,9,12,14-20H2,1H3/t21-/m0/s1. The number of nitrogens with zero attached hydrogens (tertiary/aromatic N) is 4. The van der Waals surface area contributed by atoms with Gasteiger partial charge in [-0.15, -0.1) is 11.8 Å². The minimum atomic E-state index is 0.324. The Bertz CT molecular complexity index is 821. The first kappa shape index (κ1) is 22.2. The van der Waals surface area contributed by atoms with Crippen molar-refractivity contribution in [2.75, 3.05) is 50.4 Å². The lowest BCUT2D eigenvalue weighted by Gasteiger charge is -2.36. The number of thioether (sulfide) groups is 1. The number of likely N-dealkylation sites (tertiary alicyclic amines) is 1. The molecule has 0 N–H and O–H groups in total. The van der Waals surface area contributed by atoms with Gasteiger partial charge in [-0.05, 0) is 67.8 Å². The molecule has 0 aliphatic carbocycles. The molecule has 3 heterocycles. The number of carbonyl (C=O) groups excluding carboxylic acids is 1. The zero-order chi connectivity index (χ0) is 21.5. The molecule has 166 valence electrons. The molecule has 1 aromatic heterocycles. The highest BCUT2D eigenvalue weighted by atomic mass is 32.2. The first-order valence-electron chi connectivity index (χ1n) is 11.5. The summed E-state index contributed by atoms with van der Waals surface area (Å²) in [5, 5.41) is 0. The number of piperidine rings is 1. The van der Waals surface area contributed by atoms with E-state index in [4.69, 9.17) is 0 Å². The summed E-state index contributed by atoms with van der Waals surface area (Å²) in [6.07, 6.45) is 8.14. The van der Waals surface area contributed by atoms with E-state index in [0.29, 0.717) is 18.2 Å². The van der Waals surface area contributed by atoms with Gasteiger partial charge in [-0.2, -0.15) is 0 Å². The van der Waals surface area contributed by atoms with Gasteiger partial charge in [0.05, 0.1) is 0 Å². The number of benzene rings is 1. The fourth-order valence-electron chi connectivity index (χ4n) is 4.73. The number of amides is 1. The summed E-state index contributed by atoms with van der Waals surface area (Å²) < 4.78 is 0. The first-order chi connectivity index (χ1) is 15.2. The van der Waals surface area contributed by atoms with Crippen LogP contribution in [0.1, 0.15) is 31.2 Å². The van der Waals surface area contributed by atoms with Crippen molar-refractivity contribution in [1.82, 2.24) is 14.8 Å². The van der Waals surface area contributed by atoms with Crippen molar-refractivity contribution in [3.05, 3.63) is 54.2 Å². The second-order valence-electron chi connectivity index (χ2n) is 8.69. The highest BCUT2D eigenvalue weighted by Gasteiger charge is 2.24. The molecule has 6 heteroatoms. The molecule has 1 amide bonds. The molecule has 1 atom stereocenters. The topological polar surface area (TPSA) is 39.7 Å². The first-order valence-corrected chi connectivity index (χ1v) is 12.7. The van der Waals surface area contributed by atoms with E-state index >= 15 is 0 Å². The SMILES string of the molecule is CSc1ccc(CN2CCC[C@@H](CCC(=O)N3CCN(c4ccccn4)CC3)C2)cc1. The summed E-state index contributed by atoms with van der Waals surface area (Å²) in [5.41, 5.74) is 1.39. The molecular formula is C25H34N4OS. The number of anilines is 1. The number of piperazine rings is 1. The molecule has 31 heavy (non-hydrogen) atoms. The number of rotatable bonds is 7. The normalized spacial score (nSPS) is 20.1. The average molecular weight is 439 g/mol. The smallest absolute Gasteiger partial charge is 0.222 e. The van der Waals surface area contributed by atoms with Gasteiger partial charge in [-0.1, -0.05) is 18.2 Å². The van der Waals surface area contributed by atoms with Gasteiger partial charge in [0, 0.05) is 56.8 Å². The third-order valence-corrected chi connectivity index (χ3v) is 7.28. The highest BCUT2D eigenvalue weighted by molar-refractivity contribution is 7.98. The zero-order valence-electron chi connectivity index (χ0n) is 18.6. The fourth-order valence-corrected chi connectivity index (χ4v) is 5.14. The molecule has 2 aliphatic heterocycles. The van der Waals surface area contributed by atoms with Gasteiger partial charge < -0.3 is 9.80 Å². The van der Waals surface area contributed by atoms with Gasteiger partial charge in [-0.3, -0.25) is 9.69 Å². The molecule has 2 fully saturated rings. The van der Waals surface area contributed by atoms with Gasteiger partial charge in [0.25, 0.3) is 0 Å². The highest BCUT2D eigenvalue weighted by Crippen LogP contribution is 2.24. The molecule has 0 radical (unpaired) electrons. The third kappa shape index (κ3) is 6.23. The Kier molecular flexibility index (Phi) is 7.86. The summed E-state index contributed by atoms with van der Waals surface area (Å²) in [6, 6.07) is 14.9. The van der Waals surface area contributed by atoms with Crippen LogP contribution in [0.5, 0.6) is 0 Å². The predicted molar refractivity (Wildman–Crippen MR) is 128 cm³/mol. The van der Waals surface area contributed by atoms with E-state index in [9.17, 15) is 4.79 Å². The van der Waals surface area contributed by atoms with Crippen molar-refractivity contribution in [3.8, 4) is 0 Å². The van der Waals surface area contributed by atoms with E-state index < -0.39 is 0 Å². The van der Waals surface area contributed by atoms with Crippen molar-refractivity contribution in [2.45, 2.75) is 37.1 Å². The zero-order valence-corrected chi connectivity index (χ0v) is 19.4. The minimum Gasteiger partial charge on any atom is -0.353 e.